The fraction of sp³-hybridized carbons (Fsp3) is 0.292. The Morgan fingerprint density at radius 1 is 1.23 bits per heavy atom. The third-order valence-corrected chi connectivity index (χ3v) is 6.95. The minimum Gasteiger partial charge on any atom is -0.303 e. The van der Waals surface area contributed by atoms with Crippen molar-refractivity contribution in [1.82, 2.24) is 14.9 Å². The summed E-state index contributed by atoms with van der Waals surface area (Å²) in [6.45, 7) is 4.29. The predicted molar refractivity (Wildman–Crippen MR) is 121 cm³/mol. The first-order valence-corrected chi connectivity index (χ1v) is 11.0. The summed E-state index contributed by atoms with van der Waals surface area (Å²) in [5.41, 5.74) is 3.50. The van der Waals surface area contributed by atoms with Crippen LogP contribution in [0.4, 0.5) is 0 Å². The molecule has 6 nitrogen and oxygen atoms in total. The Balaban J connectivity index is 1.72. The second-order valence-corrected chi connectivity index (χ2v) is 9.15. The highest BCUT2D eigenvalue weighted by molar-refractivity contribution is 7.15. The lowest BCUT2D eigenvalue weighted by Gasteiger charge is -2.35. The number of likely N-dealkylation sites (N-methyl/N-ethyl adjacent to an activating group) is 1. The van der Waals surface area contributed by atoms with E-state index in [4.69, 9.17) is 10.7 Å². The molecule has 1 fully saturated rings. The monoisotopic (exact) mass is 429 g/mol. The lowest BCUT2D eigenvalue weighted by molar-refractivity contribution is -0.129. The average molecular weight is 430 g/mol. The van der Waals surface area contributed by atoms with Crippen molar-refractivity contribution >= 4 is 23.1 Å². The van der Waals surface area contributed by atoms with Crippen molar-refractivity contribution in [2.75, 3.05) is 7.05 Å². The number of hydrogen-bond donors (Lipinski definition) is 1. The molecule has 0 aliphatic carbocycles. The van der Waals surface area contributed by atoms with Gasteiger partial charge in [-0.15, -0.1) is 11.3 Å². The molecule has 0 spiro atoms. The summed E-state index contributed by atoms with van der Waals surface area (Å²) >= 11 is 1.50. The summed E-state index contributed by atoms with van der Waals surface area (Å²) in [5, 5.41) is 18.3. The number of nitriles is 1. The van der Waals surface area contributed by atoms with Gasteiger partial charge in [0.05, 0.1) is 21.4 Å². The van der Waals surface area contributed by atoms with Gasteiger partial charge in [0, 0.05) is 43.5 Å². The Morgan fingerprint density at radius 2 is 1.97 bits per heavy atom. The van der Waals surface area contributed by atoms with E-state index in [9.17, 15) is 4.79 Å². The first-order valence-electron chi connectivity index (χ1n) is 10.1. The van der Waals surface area contributed by atoms with E-state index in [1.54, 1.807) is 25.5 Å². The number of aromatic nitrogens is 2. The number of rotatable bonds is 4. The van der Waals surface area contributed by atoms with Crippen LogP contribution in [0.15, 0.2) is 48.9 Å². The number of amidine groups is 1. The summed E-state index contributed by atoms with van der Waals surface area (Å²) in [5.74, 6) is 0.0512. The zero-order valence-electron chi connectivity index (χ0n) is 17.7. The average Bonchev–Trinajstić information content (AvgIpc) is 3.27. The van der Waals surface area contributed by atoms with E-state index in [2.05, 4.69) is 42.0 Å². The van der Waals surface area contributed by atoms with E-state index < -0.39 is 0 Å². The Bertz CT molecular complexity index is 1180. The molecule has 1 saturated heterocycles. The summed E-state index contributed by atoms with van der Waals surface area (Å²) in [6, 6.07) is 12.1. The maximum Gasteiger partial charge on any atom is 0.235 e. The van der Waals surface area contributed by atoms with Gasteiger partial charge < -0.3 is 4.90 Å². The van der Waals surface area contributed by atoms with Gasteiger partial charge in [0.15, 0.2) is 0 Å². The smallest absolute Gasteiger partial charge is 0.235 e. The number of likely N-dealkylation sites (tertiary alicyclic amines) is 1. The van der Waals surface area contributed by atoms with Crippen LogP contribution < -0.4 is 0 Å². The van der Waals surface area contributed by atoms with Crippen LogP contribution in [-0.4, -0.2) is 33.7 Å². The van der Waals surface area contributed by atoms with E-state index in [1.807, 2.05) is 12.1 Å². The van der Waals surface area contributed by atoms with Gasteiger partial charge in [-0.3, -0.25) is 15.2 Å². The van der Waals surface area contributed by atoms with Crippen molar-refractivity contribution < 1.29 is 4.79 Å². The number of thiazole rings is 1. The Hall–Kier alpha value is -3.37. The third kappa shape index (κ3) is 3.99. The van der Waals surface area contributed by atoms with Gasteiger partial charge in [-0.2, -0.15) is 5.26 Å². The van der Waals surface area contributed by atoms with Crippen molar-refractivity contribution in [1.29, 1.82) is 10.7 Å². The normalized spacial score (nSPS) is 19.0. The number of nitrogens with one attached hydrogen (secondary N) is 1. The fourth-order valence-corrected chi connectivity index (χ4v) is 4.93. The Morgan fingerprint density at radius 3 is 2.65 bits per heavy atom. The Kier molecular flexibility index (Phi) is 5.66. The molecule has 0 radical (unpaired) electrons. The molecule has 7 heteroatoms. The molecule has 2 atom stereocenters. The van der Waals surface area contributed by atoms with Crippen molar-refractivity contribution in [3.63, 3.8) is 0 Å². The molecule has 2 aromatic heterocycles. The number of nitrogens with zero attached hydrogens (tertiary/aromatic N) is 4. The van der Waals surface area contributed by atoms with Gasteiger partial charge in [0.2, 0.25) is 5.91 Å². The third-order valence-electron chi connectivity index (χ3n) is 5.77. The van der Waals surface area contributed by atoms with Gasteiger partial charge in [-0.25, -0.2) is 4.98 Å². The summed E-state index contributed by atoms with van der Waals surface area (Å²) in [4.78, 5) is 24.3. The summed E-state index contributed by atoms with van der Waals surface area (Å²) < 4.78 is 0. The first kappa shape index (κ1) is 20.9. The van der Waals surface area contributed by atoms with Crippen LogP contribution in [0.3, 0.4) is 0 Å². The highest BCUT2D eigenvalue weighted by atomic mass is 32.1. The van der Waals surface area contributed by atoms with Crippen LogP contribution >= 0.6 is 11.3 Å². The number of hydrogen-bond acceptors (Lipinski definition) is 6. The van der Waals surface area contributed by atoms with Crippen LogP contribution in [0.2, 0.25) is 0 Å². The highest BCUT2D eigenvalue weighted by Gasteiger charge is 2.41. The molecule has 0 saturated carbocycles. The maximum absolute atomic E-state index is 13.2. The maximum atomic E-state index is 13.2. The Labute approximate surface area is 185 Å². The van der Waals surface area contributed by atoms with Crippen LogP contribution in [0.5, 0.6) is 0 Å². The molecule has 1 amide bonds. The second kappa shape index (κ2) is 8.40. The first-order chi connectivity index (χ1) is 14.9. The second-order valence-electron chi connectivity index (χ2n) is 8.09. The van der Waals surface area contributed by atoms with Crippen molar-refractivity contribution in [2.24, 2.45) is 0 Å². The van der Waals surface area contributed by atoms with E-state index >= 15 is 0 Å². The molecule has 3 heterocycles. The van der Waals surface area contributed by atoms with Gasteiger partial charge in [-0.05, 0) is 23.1 Å². The molecule has 156 valence electrons. The van der Waals surface area contributed by atoms with Crippen molar-refractivity contribution in [3.05, 3.63) is 70.6 Å². The number of carbonyl (C=O) groups excluding carboxylic acids is 1. The number of benzene rings is 1. The number of pyridine rings is 1. The number of piperidine rings is 1. The largest absolute Gasteiger partial charge is 0.303 e. The van der Waals surface area contributed by atoms with E-state index in [1.165, 1.54) is 28.0 Å². The molecular weight excluding hydrogens is 406 g/mol. The molecule has 3 aromatic rings. The minimum atomic E-state index is -0.386. The molecule has 1 aliphatic heterocycles. The van der Waals surface area contributed by atoms with Gasteiger partial charge >= 0.3 is 0 Å². The van der Waals surface area contributed by atoms with Crippen molar-refractivity contribution in [2.45, 2.75) is 38.0 Å². The van der Waals surface area contributed by atoms with Gasteiger partial charge in [-0.1, -0.05) is 38.1 Å². The predicted octanol–water partition coefficient (Wildman–Crippen LogP) is 4.91. The van der Waals surface area contributed by atoms with E-state index in [0.29, 0.717) is 23.7 Å². The standard InChI is InChI=1S/C24H23N5OS/c1-14(2)16-4-6-17(7-5-16)22-19(9-21(26)29(3)24(22)30)23-28-13-20(31-23)18-8-15(10-25)11-27-12-18/h4-8,11-14,19,22,26H,9H2,1-3H3/t19?,22-/m0/s1. The lowest BCUT2D eigenvalue weighted by atomic mass is 9.79. The van der Waals surface area contributed by atoms with Crippen LogP contribution in [0, 0.1) is 16.7 Å². The molecule has 1 aromatic carbocycles. The molecule has 1 N–H and O–H groups in total. The number of amides is 1. The molecule has 4 rings (SSSR count). The van der Waals surface area contributed by atoms with Gasteiger partial charge in [0.25, 0.3) is 0 Å². The molecule has 31 heavy (non-hydrogen) atoms. The zero-order valence-corrected chi connectivity index (χ0v) is 18.5. The quantitative estimate of drug-likeness (QED) is 0.638. The summed E-state index contributed by atoms with van der Waals surface area (Å²) in [7, 11) is 1.67. The van der Waals surface area contributed by atoms with Crippen LogP contribution in [0.25, 0.3) is 10.4 Å². The fourth-order valence-electron chi connectivity index (χ4n) is 3.90. The SMILES string of the molecule is CC(C)c1ccc([C@@H]2C(=O)N(C)C(=N)CC2c2ncc(-c3cncc(C#N)c3)s2)cc1. The highest BCUT2D eigenvalue weighted by Crippen LogP contribution is 2.43. The van der Waals surface area contributed by atoms with E-state index in [0.717, 1.165) is 21.0 Å². The summed E-state index contributed by atoms with van der Waals surface area (Å²) in [6.07, 6.45) is 5.45. The van der Waals surface area contributed by atoms with Crippen LogP contribution in [-0.2, 0) is 4.79 Å². The molecule has 1 unspecified atom stereocenters. The van der Waals surface area contributed by atoms with E-state index in [-0.39, 0.29) is 17.7 Å². The minimum absolute atomic E-state index is 0.0801. The topological polar surface area (TPSA) is 93.7 Å². The molecule has 1 aliphatic rings. The van der Waals surface area contributed by atoms with Crippen LogP contribution in [0.1, 0.15) is 59.7 Å². The number of carbonyl (C=O) groups is 1. The molecular formula is C24H23N5OS. The lowest BCUT2D eigenvalue weighted by Crippen LogP contribution is -2.44. The van der Waals surface area contributed by atoms with Crippen molar-refractivity contribution in [3.8, 4) is 16.5 Å². The molecule has 0 bridgehead atoms. The zero-order chi connectivity index (χ0) is 22.1. The van der Waals surface area contributed by atoms with Gasteiger partial charge in [0.1, 0.15) is 11.9 Å².